The molecule has 2 aliphatic carbocycles. The zero-order valence-corrected chi connectivity index (χ0v) is 20.2. The van der Waals surface area contributed by atoms with Crippen LogP contribution < -0.4 is 0 Å². The van der Waals surface area contributed by atoms with Gasteiger partial charge in [-0.1, -0.05) is 48.1 Å². The molecule has 0 amide bonds. The van der Waals surface area contributed by atoms with Gasteiger partial charge >= 0.3 is 0 Å². The smallest absolute Gasteiger partial charge is 0.127 e. The second-order valence-corrected chi connectivity index (χ2v) is 11.1. The number of hydrogen-bond donors (Lipinski definition) is 0. The minimum Gasteiger partial charge on any atom is -0.296 e. The van der Waals surface area contributed by atoms with Gasteiger partial charge in [0.2, 0.25) is 0 Å². The molecule has 1 saturated heterocycles. The first-order chi connectivity index (χ1) is 15.1. The summed E-state index contributed by atoms with van der Waals surface area (Å²) in [7, 11) is 2.14. The number of likely N-dealkylation sites (tertiary alicyclic amines) is 1. The fraction of sp³-hybridized carbons (Fsp3) is 0.517. The summed E-state index contributed by atoms with van der Waals surface area (Å²) in [5, 5.41) is 0. The lowest BCUT2D eigenvalue weighted by Gasteiger charge is -2.54. The summed E-state index contributed by atoms with van der Waals surface area (Å²) in [5.74, 6) is -0.0927. The maximum Gasteiger partial charge on any atom is 0.127 e. The number of hydrogen-bond acceptors (Lipinski definition) is 1. The van der Waals surface area contributed by atoms with Crippen molar-refractivity contribution in [3.05, 3.63) is 83.0 Å². The van der Waals surface area contributed by atoms with Crippen LogP contribution in [0.3, 0.4) is 0 Å². The fourth-order valence-corrected chi connectivity index (χ4v) is 6.04. The third-order valence-electron chi connectivity index (χ3n) is 8.15. The zero-order valence-electron chi connectivity index (χ0n) is 20.2. The van der Waals surface area contributed by atoms with Crippen molar-refractivity contribution in [1.29, 1.82) is 0 Å². The molecule has 172 valence electrons. The molecule has 1 atom stereocenters. The molecule has 0 spiro atoms. The van der Waals surface area contributed by atoms with Crippen molar-refractivity contribution < 1.29 is 8.78 Å². The SMILES string of the molecule is CN1C(C)(C)CC(c2cc(F)c(C3CC=C(C4C=CC=CC=C4)CC3)cc2F)CC1(C)C. The van der Waals surface area contributed by atoms with Crippen molar-refractivity contribution in [3.8, 4) is 0 Å². The van der Waals surface area contributed by atoms with E-state index in [1.165, 1.54) is 17.7 Å². The molecule has 0 N–H and O–H groups in total. The van der Waals surface area contributed by atoms with E-state index in [4.69, 9.17) is 0 Å². The average molecular weight is 438 g/mol. The predicted molar refractivity (Wildman–Crippen MR) is 130 cm³/mol. The molecule has 1 nitrogen and oxygen atoms in total. The molecule has 1 aromatic rings. The number of nitrogens with zero attached hydrogens (tertiary/aromatic N) is 1. The lowest BCUT2D eigenvalue weighted by atomic mass is 9.71. The molecular weight excluding hydrogens is 400 g/mol. The second kappa shape index (κ2) is 8.74. The Morgan fingerprint density at radius 2 is 1.34 bits per heavy atom. The molecule has 1 unspecified atom stereocenters. The summed E-state index contributed by atoms with van der Waals surface area (Å²) in [6.45, 7) is 8.79. The number of halogens is 2. The molecule has 1 aromatic carbocycles. The van der Waals surface area contributed by atoms with Gasteiger partial charge in [-0.05, 0) is 102 Å². The van der Waals surface area contributed by atoms with Crippen molar-refractivity contribution >= 4 is 0 Å². The lowest BCUT2D eigenvalue weighted by Crippen LogP contribution is -2.58. The quantitative estimate of drug-likeness (QED) is 0.436. The second-order valence-electron chi connectivity index (χ2n) is 11.1. The first-order valence-corrected chi connectivity index (χ1v) is 12.0. The van der Waals surface area contributed by atoms with Crippen LogP contribution in [0.1, 0.15) is 82.8 Å². The molecule has 3 heteroatoms. The highest BCUT2D eigenvalue weighted by Gasteiger charge is 2.44. The Morgan fingerprint density at radius 3 is 1.84 bits per heavy atom. The minimum atomic E-state index is -0.240. The molecule has 32 heavy (non-hydrogen) atoms. The Morgan fingerprint density at radius 1 is 0.812 bits per heavy atom. The maximum absolute atomic E-state index is 15.4. The van der Waals surface area contributed by atoms with E-state index in [1.807, 2.05) is 12.2 Å². The Kier molecular flexibility index (Phi) is 6.33. The van der Waals surface area contributed by atoms with Gasteiger partial charge < -0.3 is 0 Å². The molecular formula is C29H37F2N. The van der Waals surface area contributed by atoms with E-state index < -0.39 is 0 Å². The van der Waals surface area contributed by atoms with Crippen molar-refractivity contribution in [2.45, 2.75) is 82.7 Å². The molecule has 0 bridgehead atoms. The van der Waals surface area contributed by atoms with Gasteiger partial charge in [0.1, 0.15) is 11.6 Å². The van der Waals surface area contributed by atoms with Crippen LogP contribution >= 0.6 is 0 Å². The number of piperidine rings is 1. The summed E-state index contributed by atoms with van der Waals surface area (Å²) in [5.41, 5.74) is 2.35. The normalized spacial score (nSPS) is 26.2. The Balaban J connectivity index is 1.54. The monoisotopic (exact) mass is 437 g/mol. The minimum absolute atomic E-state index is 0.0278. The van der Waals surface area contributed by atoms with Crippen LogP contribution in [0.2, 0.25) is 0 Å². The first kappa shape index (κ1) is 23.2. The summed E-state index contributed by atoms with van der Waals surface area (Å²) in [6, 6.07) is 3.01. The van der Waals surface area contributed by atoms with Crippen molar-refractivity contribution in [2.75, 3.05) is 7.05 Å². The summed E-state index contributed by atoms with van der Waals surface area (Å²) in [4.78, 5) is 2.37. The van der Waals surface area contributed by atoms with Gasteiger partial charge in [-0.2, -0.15) is 0 Å². The number of allylic oxidation sites excluding steroid dienone is 8. The number of benzene rings is 1. The van der Waals surface area contributed by atoms with E-state index >= 15 is 8.78 Å². The Hall–Kier alpha value is -2.00. The molecule has 3 aliphatic rings. The lowest BCUT2D eigenvalue weighted by molar-refractivity contribution is -0.0133. The van der Waals surface area contributed by atoms with Gasteiger partial charge in [0.15, 0.2) is 0 Å². The molecule has 0 radical (unpaired) electrons. The average Bonchev–Trinajstić information content (AvgIpc) is 3.02. The van der Waals surface area contributed by atoms with Gasteiger partial charge in [0, 0.05) is 17.0 Å². The molecule has 0 saturated carbocycles. The van der Waals surface area contributed by atoms with E-state index in [1.54, 1.807) is 0 Å². The summed E-state index contributed by atoms with van der Waals surface area (Å²) >= 11 is 0. The van der Waals surface area contributed by atoms with Crippen LogP contribution in [0, 0.1) is 17.6 Å². The van der Waals surface area contributed by atoms with Crippen molar-refractivity contribution in [2.24, 2.45) is 5.92 Å². The highest BCUT2D eigenvalue weighted by Crippen LogP contribution is 2.46. The van der Waals surface area contributed by atoms with E-state index in [0.717, 1.165) is 32.1 Å². The third-order valence-corrected chi connectivity index (χ3v) is 8.15. The maximum atomic E-state index is 15.4. The highest BCUT2D eigenvalue weighted by atomic mass is 19.1. The standard InChI is InChI=1S/C29H37F2N/c1-28(2)18-23(19-29(3,4)32(28)5)25-17-26(30)24(16-27(25)31)22-14-12-21(13-15-22)20-10-8-6-7-9-11-20/h6-12,16-17,20,22-23H,13-15,18-19H2,1-5H3. The van der Waals surface area contributed by atoms with E-state index in [0.29, 0.717) is 17.0 Å². The fourth-order valence-electron chi connectivity index (χ4n) is 6.04. The van der Waals surface area contributed by atoms with Gasteiger partial charge in [-0.3, -0.25) is 4.90 Å². The summed E-state index contributed by atoms with van der Waals surface area (Å²) in [6.07, 6.45) is 19.1. The molecule has 4 rings (SSSR count). The molecule has 1 fully saturated rings. The van der Waals surface area contributed by atoms with Gasteiger partial charge in [-0.25, -0.2) is 8.78 Å². The van der Waals surface area contributed by atoms with Crippen LogP contribution in [0.5, 0.6) is 0 Å². The molecule has 0 aromatic heterocycles. The Bertz CT molecular complexity index is 945. The van der Waals surface area contributed by atoms with Crippen LogP contribution in [-0.2, 0) is 0 Å². The van der Waals surface area contributed by atoms with Gasteiger partial charge in [-0.15, -0.1) is 0 Å². The van der Waals surface area contributed by atoms with Crippen LogP contribution in [0.4, 0.5) is 8.78 Å². The number of rotatable bonds is 3. The van der Waals surface area contributed by atoms with Crippen molar-refractivity contribution in [1.82, 2.24) is 4.90 Å². The topological polar surface area (TPSA) is 3.24 Å². The van der Waals surface area contributed by atoms with E-state index in [9.17, 15) is 0 Å². The predicted octanol–water partition coefficient (Wildman–Crippen LogP) is 7.82. The Labute approximate surface area is 192 Å². The summed E-state index contributed by atoms with van der Waals surface area (Å²) < 4.78 is 30.7. The van der Waals surface area contributed by atoms with Crippen LogP contribution in [-0.4, -0.2) is 23.0 Å². The molecule has 1 heterocycles. The zero-order chi connectivity index (χ0) is 23.1. The van der Waals surface area contributed by atoms with Crippen LogP contribution in [0.25, 0.3) is 0 Å². The van der Waals surface area contributed by atoms with E-state index in [2.05, 4.69) is 70.0 Å². The highest BCUT2D eigenvalue weighted by molar-refractivity contribution is 5.35. The van der Waals surface area contributed by atoms with Gasteiger partial charge in [0.05, 0.1) is 0 Å². The van der Waals surface area contributed by atoms with Crippen molar-refractivity contribution in [3.63, 3.8) is 0 Å². The van der Waals surface area contributed by atoms with Gasteiger partial charge in [0.25, 0.3) is 0 Å². The molecule has 1 aliphatic heterocycles. The van der Waals surface area contributed by atoms with Crippen LogP contribution in [0.15, 0.2) is 60.2 Å². The van der Waals surface area contributed by atoms with E-state index in [-0.39, 0.29) is 34.5 Å². The first-order valence-electron chi connectivity index (χ1n) is 12.0. The largest absolute Gasteiger partial charge is 0.296 e. The third kappa shape index (κ3) is 4.55.